The van der Waals surface area contributed by atoms with Gasteiger partial charge in [-0.15, -0.1) is 0 Å². The van der Waals surface area contributed by atoms with E-state index in [0.29, 0.717) is 5.92 Å². The molecule has 1 saturated heterocycles. The van der Waals surface area contributed by atoms with E-state index in [1.54, 1.807) is 0 Å². The number of nitrogens with one attached hydrogen (secondary N) is 1. The highest BCUT2D eigenvalue weighted by Crippen LogP contribution is 2.26. The maximum Gasteiger partial charge on any atom is 0.317 e. The zero-order valence-corrected chi connectivity index (χ0v) is 13.3. The first kappa shape index (κ1) is 15.2. The minimum Gasteiger partial charge on any atom is -0.493 e. The lowest BCUT2D eigenvalue weighted by Crippen LogP contribution is -2.51. The molecule has 2 aliphatic rings. The third-order valence-electron chi connectivity index (χ3n) is 4.60. The number of benzene rings is 1. The van der Waals surface area contributed by atoms with Crippen LogP contribution in [-0.4, -0.2) is 62.2 Å². The maximum atomic E-state index is 12.2. The van der Waals surface area contributed by atoms with Crippen LogP contribution in [0.25, 0.3) is 0 Å². The van der Waals surface area contributed by atoms with E-state index in [1.165, 1.54) is 5.56 Å². The van der Waals surface area contributed by atoms with Gasteiger partial charge in [0, 0.05) is 32.7 Å². The largest absolute Gasteiger partial charge is 0.493 e. The second kappa shape index (κ2) is 7.01. The first-order valence-corrected chi connectivity index (χ1v) is 8.14. The summed E-state index contributed by atoms with van der Waals surface area (Å²) >= 11 is 0. The number of amides is 2. The summed E-state index contributed by atoms with van der Waals surface area (Å²) in [5.74, 6) is 1.44. The van der Waals surface area contributed by atoms with Gasteiger partial charge in [0.15, 0.2) is 0 Å². The van der Waals surface area contributed by atoms with Crippen molar-refractivity contribution in [2.24, 2.45) is 5.92 Å². The van der Waals surface area contributed by atoms with Crippen molar-refractivity contribution < 1.29 is 9.53 Å². The molecule has 2 aliphatic heterocycles. The fourth-order valence-corrected chi connectivity index (χ4v) is 3.09. The third kappa shape index (κ3) is 3.71. The van der Waals surface area contributed by atoms with E-state index in [1.807, 2.05) is 23.1 Å². The molecular weight excluding hydrogens is 278 g/mol. The van der Waals surface area contributed by atoms with Crippen LogP contribution in [0.4, 0.5) is 4.79 Å². The van der Waals surface area contributed by atoms with Crippen molar-refractivity contribution in [2.45, 2.75) is 12.8 Å². The lowest BCUT2D eigenvalue weighted by molar-refractivity contribution is 0.153. The highest BCUT2D eigenvalue weighted by molar-refractivity contribution is 5.74. The van der Waals surface area contributed by atoms with E-state index in [4.69, 9.17) is 4.74 Å². The first-order chi connectivity index (χ1) is 10.7. The molecule has 120 valence electrons. The molecule has 5 nitrogen and oxygen atoms in total. The van der Waals surface area contributed by atoms with Crippen LogP contribution in [0.2, 0.25) is 0 Å². The smallest absolute Gasteiger partial charge is 0.317 e. The van der Waals surface area contributed by atoms with Crippen molar-refractivity contribution >= 4 is 6.03 Å². The zero-order valence-electron chi connectivity index (χ0n) is 13.3. The summed E-state index contributed by atoms with van der Waals surface area (Å²) in [5.41, 5.74) is 1.25. The van der Waals surface area contributed by atoms with Gasteiger partial charge in [-0.05, 0) is 37.4 Å². The van der Waals surface area contributed by atoms with Gasteiger partial charge in [-0.2, -0.15) is 0 Å². The predicted octanol–water partition coefficient (Wildman–Crippen LogP) is 1.58. The van der Waals surface area contributed by atoms with Crippen LogP contribution < -0.4 is 10.1 Å². The number of para-hydroxylation sites is 1. The molecule has 1 unspecified atom stereocenters. The Morgan fingerprint density at radius 1 is 1.27 bits per heavy atom. The fourth-order valence-electron chi connectivity index (χ4n) is 3.09. The van der Waals surface area contributed by atoms with Gasteiger partial charge in [-0.1, -0.05) is 18.2 Å². The molecule has 1 fully saturated rings. The van der Waals surface area contributed by atoms with Crippen molar-refractivity contribution in [3.8, 4) is 5.75 Å². The number of urea groups is 1. The molecule has 3 rings (SSSR count). The SMILES string of the molecule is CN1CCN(C(=O)NCC2CCOc3ccccc3C2)CC1. The Labute approximate surface area is 132 Å². The van der Waals surface area contributed by atoms with Gasteiger partial charge in [0.1, 0.15) is 5.75 Å². The molecule has 0 spiro atoms. The molecule has 1 N–H and O–H groups in total. The molecular formula is C17H25N3O2. The monoisotopic (exact) mass is 303 g/mol. The second-order valence-corrected chi connectivity index (χ2v) is 6.29. The van der Waals surface area contributed by atoms with Crippen molar-refractivity contribution in [2.75, 3.05) is 46.4 Å². The van der Waals surface area contributed by atoms with E-state index in [2.05, 4.69) is 23.3 Å². The molecule has 1 atom stereocenters. The molecule has 0 radical (unpaired) electrons. The number of piperazine rings is 1. The third-order valence-corrected chi connectivity index (χ3v) is 4.60. The van der Waals surface area contributed by atoms with Crippen molar-refractivity contribution in [1.29, 1.82) is 0 Å². The Hall–Kier alpha value is -1.75. The van der Waals surface area contributed by atoms with E-state index in [0.717, 1.165) is 57.9 Å². The average Bonchev–Trinajstić information content (AvgIpc) is 2.75. The van der Waals surface area contributed by atoms with Crippen LogP contribution in [0.15, 0.2) is 24.3 Å². The van der Waals surface area contributed by atoms with Crippen LogP contribution in [0.1, 0.15) is 12.0 Å². The van der Waals surface area contributed by atoms with E-state index in [9.17, 15) is 4.79 Å². The summed E-state index contributed by atoms with van der Waals surface area (Å²) in [7, 11) is 2.10. The first-order valence-electron chi connectivity index (χ1n) is 8.14. The molecule has 0 saturated carbocycles. The number of nitrogens with zero attached hydrogens (tertiary/aromatic N) is 2. The molecule has 0 bridgehead atoms. The highest BCUT2D eigenvalue weighted by atomic mass is 16.5. The normalized spacial score (nSPS) is 22.4. The molecule has 2 heterocycles. The van der Waals surface area contributed by atoms with Gasteiger partial charge in [0.2, 0.25) is 0 Å². The Kier molecular flexibility index (Phi) is 4.83. The van der Waals surface area contributed by atoms with Crippen molar-refractivity contribution in [1.82, 2.24) is 15.1 Å². The zero-order chi connectivity index (χ0) is 15.4. The maximum absolute atomic E-state index is 12.2. The number of fused-ring (bicyclic) bond motifs is 1. The van der Waals surface area contributed by atoms with E-state index < -0.39 is 0 Å². The summed E-state index contributed by atoms with van der Waals surface area (Å²) in [5, 5.41) is 3.11. The number of ether oxygens (including phenoxy) is 1. The second-order valence-electron chi connectivity index (χ2n) is 6.29. The number of hydrogen-bond acceptors (Lipinski definition) is 3. The quantitative estimate of drug-likeness (QED) is 0.902. The lowest BCUT2D eigenvalue weighted by Gasteiger charge is -2.32. The molecule has 22 heavy (non-hydrogen) atoms. The van der Waals surface area contributed by atoms with E-state index in [-0.39, 0.29) is 6.03 Å². The Morgan fingerprint density at radius 2 is 2.05 bits per heavy atom. The standard InChI is InChI=1S/C17H25N3O2/c1-19-7-9-20(10-8-19)17(21)18-13-14-6-11-22-16-5-3-2-4-15(16)12-14/h2-5,14H,6-13H2,1H3,(H,18,21). The number of likely N-dealkylation sites (N-methyl/N-ethyl adjacent to an activating group) is 1. The summed E-state index contributed by atoms with van der Waals surface area (Å²) in [4.78, 5) is 16.4. The highest BCUT2D eigenvalue weighted by Gasteiger charge is 2.21. The molecule has 2 amide bonds. The fraction of sp³-hybridized carbons (Fsp3) is 0.588. The molecule has 0 aromatic heterocycles. The summed E-state index contributed by atoms with van der Waals surface area (Å²) in [6.07, 6.45) is 1.96. The minimum absolute atomic E-state index is 0.0755. The lowest BCUT2D eigenvalue weighted by atomic mass is 9.97. The topological polar surface area (TPSA) is 44.8 Å². The molecule has 5 heteroatoms. The van der Waals surface area contributed by atoms with Gasteiger partial charge < -0.3 is 19.9 Å². The Balaban J connectivity index is 1.50. The predicted molar refractivity (Wildman–Crippen MR) is 86.2 cm³/mol. The average molecular weight is 303 g/mol. The number of carbonyl (C=O) groups excluding carboxylic acids is 1. The van der Waals surface area contributed by atoms with Crippen LogP contribution in [-0.2, 0) is 6.42 Å². The minimum atomic E-state index is 0.0755. The van der Waals surface area contributed by atoms with Gasteiger partial charge in [0.25, 0.3) is 0 Å². The summed E-state index contributed by atoms with van der Waals surface area (Å²) < 4.78 is 5.78. The van der Waals surface area contributed by atoms with E-state index >= 15 is 0 Å². The van der Waals surface area contributed by atoms with Crippen LogP contribution in [0.5, 0.6) is 5.75 Å². The van der Waals surface area contributed by atoms with Gasteiger partial charge in [0.05, 0.1) is 6.61 Å². The number of carbonyl (C=O) groups is 1. The molecule has 1 aromatic carbocycles. The van der Waals surface area contributed by atoms with Crippen molar-refractivity contribution in [3.05, 3.63) is 29.8 Å². The van der Waals surface area contributed by atoms with Gasteiger partial charge >= 0.3 is 6.03 Å². The number of hydrogen-bond donors (Lipinski definition) is 1. The molecule has 1 aromatic rings. The van der Waals surface area contributed by atoms with Gasteiger partial charge in [-0.3, -0.25) is 0 Å². The van der Waals surface area contributed by atoms with Crippen LogP contribution >= 0.6 is 0 Å². The van der Waals surface area contributed by atoms with Crippen LogP contribution in [0, 0.1) is 5.92 Å². The summed E-state index contributed by atoms with van der Waals surface area (Å²) in [6.45, 7) is 5.00. The van der Waals surface area contributed by atoms with Crippen molar-refractivity contribution in [3.63, 3.8) is 0 Å². The molecule has 0 aliphatic carbocycles. The Bertz CT molecular complexity index is 512. The van der Waals surface area contributed by atoms with Crippen LogP contribution in [0.3, 0.4) is 0 Å². The Morgan fingerprint density at radius 3 is 2.86 bits per heavy atom. The summed E-state index contributed by atoms with van der Waals surface area (Å²) in [6, 6.07) is 8.28. The number of rotatable bonds is 2. The van der Waals surface area contributed by atoms with Gasteiger partial charge in [-0.25, -0.2) is 4.79 Å².